The predicted molar refractivity (Wildman–Crippen MR) is 103 cm³/mol. The first kappa shape index (κ1) is 19.3. The summed E-state index contributed by atoms with van der Waals surface area (Å²) >= 11 is 6.31. The average Bonchev–Trinajstić information content (AvgIpc) is 2.67. The topological polar surface area (TPSA) is 84.2 Å². The monoisotopic (exact) mass is 377 g/mol. The number of nitrogens with two attached hydrogens (primary N) is 1. The Morgan fingerprint density at radius 3 is 2.58 bits per heavy atom. The number of rotatable bonds is 6. The fourth-order valence-corrected chi connectivity index (χ4v) is 4.64. The van der Waals surface area contributed by atoms with Gasteiger partial charge in [-0.05, 0) is 75.7 Å². The molecule has 2 aliphatic heterocycles. The second-order valence-corrected chi connectivity index (χ2v) is 7.98. The number of hydrogen-bond donors (Lipinski definition) is 3. The first-order valence-corrected chi connectivity index (χ1v) is 9.96. The zero-order valence-corrected chi connectivity index (χ0v) is 15.8. The third kappa shape index (κ3) is 4.64. The highest BCUT2D eigenvalue weighted by atomic mass is 35.5. The highest BCUT2D eigenvalue weighted by Crippen LogP contribution is 2.35. The first-order chi connectivity index (χ1) is 12.6. The van der Waals surface area contributed by atoms with Crippen LogP contribution in [0.3, 0.4) is 0 Å². The van der Waals surface area contributed by atoms with E-state index in [1.807, 2.05) is 18.2 Å². The SMILES string of the molecule is NC(=O)C1CC(CC(C(=O)c2ccccc2Cl)C2CCNCC2)CCN1. The molecule has 1 aromatic carbocycles. The number of amides is 1. The molecule has 2 aliphatic rings. The third-order valence-corrected chi connectivity index (χ3v) is 6.20. The van der Waals surface area contributed by atoms with Crippen LogP contribution < -0.4 is 16.4 Å². The highest BCUT2D eigenvalue weighted by Gasteiger charge is 2.35. The fraction of sp³-hybridized carbons (Fsp3) is 0.600. The summed E-state index contributed by atoms with van der Waals surface area (Å²) in [6.07, 6.45) is 4.50. The molecule has 0 bridgehead atoms. The molecule has 1 amide bonds. The van der Waals surface area contributed by atoms with Gasteiger partial charge in [0.15, 0.2) is 5.78 Å². The Hall–Kier alpha value is -1.43. The number of ketones is 1. The van der Waals surface area contributed by atoms with Crippen molar-refractivity contribution >= 4 is 23.3 Å². The molecule has 0 spiro atoms. The van der Waals surface area contributed by atoms with E-state index in [9.17, 15) is 9.59 Å². The van der Waals surface area contributed by atoms with Gasteiger partial charge < -0.3 is 16.4 Å². The quantitative estimate of drug-likeness (QED) is 0.664. The molecule has 4 N–H and O–H groups in total. The number of benzene rings is 1. The Bertz CT molecular complexity index is 646. The van der Waals surface area contributed by atoms with E-state index in [0.717, 1.165) is 45.3 Å². The lowest BCUT2D eigenvalue weighted by Gasteiger charge is -2.35. The highest BCUT2D eigenvalue weighted by molar-refractivity contribution is 6.34. The van der Waals surface area contributed by atoms with Crippen LogP contribution in [-0.2, 0) is 4.79 Å². The number of halogens is 1. The largest absolute Gasteiger partial charge is 0.368 e. The van der Waals surface area contributed by atoms with E-state index in [-0.39, 0.29) is 23.7 Å². The molecule has 5 nitrogen and oxygen atoms in total. The minimum absolute atomic E-state index is 0.0476. The Morgan fingerprint density at radius 1 is 1.15 bits per heavy atom. The standard InChI is InChI=1S/C20H28ClN3O2/c21-17-4-2-1-3-15(17)19(25)16(14-6-8-23-9-7-14)11-13-5-10-24-18(12-13)20(22)26/h1-4,13-14,16,18,23-24H,5-12H2,(H2,22,26). The van der Waals surface area contributed by atoms with E-state index < -0.39 is 0 Å². The molecule has 3 unspecified atom stereocenters. The summed E-state index contributed by atoms with van der Waals surface area (Å²) in [6, 6.07) is 7.04. The van der Waals surface area contributed by atoms with Crippen molar-refractivity contribution in [2.24, 2.45) is 23.5 Å². The Balaban J connectivity index is 1.78. The summed E-state index contributed by atoms with van der Waals surface area (Å²) < 4.78 is 0. The number of carbonyl (C=O) groups is 2. The number of piperidine rings is 2. The number of Topliss-reactive ketones (excluding diaryl/α,β-unsaturated/α-hetero) is 1. The van der Waals surface area contributed by atoms with Gasteiger partial charge in [0.25, 0.3) is 0 Å². The van der Waals surface area contributed by atoms with Crippen LogP contribution in [0.15, 0.2) is 24.3 Å². The second kappa shape index (κ2) is 8.98. The van der Waals surface area contributed by atoms with Gasteiger partial charge in [-0.2, -0.15) is 0 Å². The zero-order valence-electron chi connectivity index (χ0n) is 15.0. The first-order valence-electron chi connectivity index (χ1n) is 9.58. The summed E-state index contributed by atoms with van der Waals surface area (Å²) in [5.74, 6) is 0.498. The maximum absolute atomic E-state index is 13.3. The van der Waals surface area contributed by atoms with Gasteiger partial charge in [0.2, 0.25) is 5.91 Å². The van der Waals surface area contributed by atoms with E-state index in [0.29, 0.717) is 28.8 Å². The maximum Gasteiger partial charge on any atom is 0.234 e. The summed E-state index contributed by atoms with van der Waals surface area (Å²) in [5, 5.41) is 7.08. The number of primary amides is 1. The van der Waals surface area contributed by atoms with Crippen molar-refractivity contribution in [2.75, 3.05) is 19.6 Å². The van der Waals surface area contributed by atoms with Crippen molar-refractivity contribution in [3.63, 3.8) is 0 Å². The van der Waals surface area contributed by atoms with Gasteiger partial charge in [0.1, 0.15) is 0 Å². The van der Waals surface area contributed by atoms with Gasteiger partial charge in [0, 0.05) is 11.5 Å². The Kier molecular flexibility index (Phi) is 6.68. The molecule has 0 aliphatic carbocycles. The third-order valence-electron chi connectivity index (χ3n) is 5.87. The fourth-order valence-electron chi connectivity index (χ4n) is 4.41. The number of carbonyl (C=O) groups excluding carboxylic acids is 2. The summed E-state index contributed by atoms with van der Waals surface area (Å²) in [7, 11) is 0. The Morgan fingerprint density at radius 2 is 1.88 bits per heavy atom. The van der Waals surface area contributed by atoms with Crippen LogP contribution in [0.1, 0.15) is 42.5 Å². The van der Waals surface area contributed by atoms with Crippen LogP contribution >= 0.6 is 11.6 Å². The van der Waals surface area contributed by atoms with Gasteiger partial charge in [-0.3, -0.25) is 9.59 Å². The molecule has 26 heavy (non-hydrogen) atoms. The molecule has 0 aromatic heterocycles. The van der Waals surface area contributed by atoms with Crippen LogP contribution in [0, 0.1) is 17.8 Å². The average molecular weight is 378 g/mol. The van der Waals surface area contributed by atoms with Gasteiger partial charge >= 0.3 is 0 Å². The lowest BCUT2D eigenvalue weighted by atomic mass is 9.73. The second-order valence-electron chi connectivity index (χ2n) is 7.57. The molecule has 0 saturated carbocycles. The molecule has 0 radical (unpaired) electrons. The molecule has 3 atom stereocenters. The minimum Gasteiger partial charge on any atom is -0.368 e. The molecule has 1 aromatic rings. The van der Waals surface area contributed by atoms with E-state index in [2.05, 4.69) is 10.6 Å². The lowest BCUT2D eigenvalue weighted by Crippen LogP contribution is -2.47. The molecule has 142 valence electrons. The molecule has 3 rings (SSSR count). The molecular formula is C20H28ClN3O2. The van der Waals surface area contributed by atoms with Crippen molar-refractivity contribution in [3.8, 4) is 0 Å². The van der Waals surface area contributed by atoms with Gasteiger partial charge in [-0.25, -0.2) is 0 Å². The van der Waals surface area contributed by atoms with Gasteiger partial charge in [-0.1, -0.05) is 23.7 Å². The molecule has 2 fully saturated rings. The maximum atomic E-state index is 13.3. The van der Waals surface area contributed by atoms with Crippen LogP contribution in [0.25, 0.3) is 0 Å². The van der Waals surface area contributed by atoms with Crippen LogP contribution in [0.5, 0.6) is 0 Å². The summed E-state index contributed by atoms with van der Waals surface area (Å²) in [5.41, 5.74) is 6.10. The van der Waals surface area contributed by atoms with Gasteiger partial charge in [-0.15, -0.1) is 0 Å². The normalized spacial score (nSPS) is 25.6. The van der Waals surface area contributed by atoms with Crippen molar-refractivity contribution in [3.05, 3.63) is 34.9 Å². The van der Waals surface area contributed by atoms with Crippen molar-refractivity contribution in [1.29, 1.82) is 0 Å². The van der Waals surface area contributed by atoms with Crippen molar-refractivity contribution in [2.45, 2.75) is 38.1 Å². The predicted octanol–water partition coefficient (Wildman–Crippen LogP) is 2.38. The minimum atomic E-state index is -0.300. The zero-order chi connectivity index (χ0) is 18.5. The number of nitrogens with one attached hydrogen (secondary N) is 2. The molecular weight excluding hydrogens is 350 g/mol. The van der Waals surface area contributed by atoms with Crippen LogP contribution in [-0.4, -0.2) is 37.4 Å². The van der Waals surface area contributed by atoms with Crippen molar-refractivity contribution < 1.29 is 9.59 Å². The molecule has 2 saturated heterocycles. The van der Waals surface area contributed by atoms with E-state index in [4.69, 9.17) is 17.3 Å². The van der Waals surface area contributed by atoms with E-state index in [1.165, 1.54) is 0 Å². The van der Waals surface area contributed by atoms with E-state index >= 15 is 0 Å². The van der Waals surface area contributed by atoms with Gasteiger partial charge in [0.05, 0.1) is 11.1 Å². The van der Waals surface area contributed by atoms with Crippen LogP contribution in [0.4, 0.5) is 0 Å². The molecule has 6 heteroatoms. The van der Waals surface area contributed by atoms with E-state index in [1.54, 1.807) is 6.07 Å². The molecule has 2 heterocycles. The lowest BCUT2D eigenvalue weighted by molar-refractivity contribution is -0.120. The summed E-state index contributed by atoms with van der Waals surface area (Å²) in [4.78, 5) is 24.9. The number of hydrogen-bond acceptors (Lipinski definition) is 4. The Labute approximate surface area is 160 Å². The van der Waals surface area contributed by atoms with Crippen LogP contribution in [0.2, 0.25) is 5.02 Å². The summed E-state index contributed by atoms with van der Waals surface area (Å²) in [6.45, 7) is 2.68. The van der Waals surface area contributed by atoms with Crippen molar-refractivity contribution in [1.82, 2.24) is 10.6 Å². The smallest absolute Gasteiger partial charge is 0.234 e.